The number of anilines is 1. The van der Waals surface area contributed by atoms with E-state index in [-0.39, 0.29) is 12.0 Å². The maximum atomic E-state index is 9.98. The van der Waals surface area contributed by atoms with Gasteiger partial charge in [0, 0.05) is 32.1 Å². The van der Waals surface area contributed by atoms with E-state index in [1.807, 2.05) is 18.2 Å². The lowest BCUT2D eigenvalue weighted by molar-refractivity contribution is 0.164. The fourth-order valence-corrected chi connectivity index (χ4v) is 2.89. The fourth-order valence-electron chi connectivity index (χ4n) is 2.89. The van der Waals surface area contributed by atoms with Gasteiger partial charge in [-0.1, -0.05) is 31.1 Å². The van der Waals surface area contributed by atoms with Crippen LogP contribution >= 0.6 is 0 Å². The maximum absolute atomic E-state index is 9.98. The molecule has 0 amide bonds. The summed E-state index contributed by atoms with van der Waals surface area (Å²) in [7, 11) is 0. The Morgan fingerprint density at radius 1 is 1.09 bits per heavy atom. The molecular weight excluding hydrogens is 292 g/mol. The first-order valence-corrected chi connectivity index (χ1v) is 8.16. The Balaban J connectivity index is 1.63. The van der Waals surface area contributed by atoms with Gasteiger partial charge in [0.25, 0.3) is 0 Å². The van der Waals surface area contributed by atoms with Crippen LogP contribution in [0.1, 0.15) is 44.4 Å². The van der Waals surface area contributed by atoms with Gasteiger partial charge in [-0.25, -0.2) is 0 Å². The second-order valence-corrected chi connectivity index (χ2v) is 6.33. The van der Waals surface area contributed by atoms with Crippen LogP contribution < -0.4 is 4.90 Å². The minimum atomic E-state index is 0.113. The molecule has 0 radical (unpaired) electrons. The van der Waals surface area contributed by atoms with Gasteiger partial charge in [-0.15, -0.1) is 0 Å². The number of benzene rings is 1. The Labute approximate surface area is 136 Å². The summed E-state index contributed by atoms with van der Waals surface area (Å²) in [6, 6.07) is 7.61. The van der Waals surface area contributed by atoms with Crippen LogP contribution in [0.25, 0.3) is 0 Å². The molecule has 1 aromatic heterocycles. The van der Waals surface area contributed by atoms with Crippen LogP contribution in [0.4, 0.5) is 5.69 Å². The number of hydrogen-bond donors (Lipinski definition) is 1. The third-order valence-corrected chi connectivity index (χ3v) is 4.42. The van der Waals surface area contributed by atoms with Gasteiger partial charge in [-0.05, 0) is 19.1 Å². The topological polar surface area (TPSA) is 65.6 Å². The molecule has 2 heterocycles. The number of phenols is 1. The largest absolute Gasteiger partial charge is 0.506 e. The molecule has 124 valence electrons. The van der Waals surface area contributed by atoms with E-state index in [0.717, 1.165) is 37.7 Å². The van der Waals surface area contributed by atoms with Gasteiger partial charge in [0.15, 0.2) is 5.82 Å². The summed E-state index contributed by atoms with van der Waals surface area (Å²) >= 11 is 0. The lowest BCUT2D eigenvalue weighted by Gasteiger charge is -2.38. The van der Waals surface area contributed by atoms with Crippen molar-refractivity contribution in [2.75, 3.05) is 31.1 Å². The molecule has 1 atom stereocenters. The van der Waals surface area contributed by atoms with Crippen molar-refractivity contribution in [1.82, 2.24) is 15.0 Å². The van der Waals surface area contributed by atoms with E-state index in [1.165, 1.54) is 0 Å². The van der Waals surface area contributed by atoms with Gasteiger partial charge in [0.05, 0.1) is 11.7 Å². The molecule has 6 nitrogen and oxygen atoms in total. The van der Waals surface area contributed by atoms with Gasteiger partial charge in [-0.3, -0.25) is 4.90 Å². The minimum Gasteiger partial charge on any atom is -0.506 e. The maximum Gasteiger partial charge on any atom is 0.243 e. The van der Waals surface area contributed by atoms with Crippen molar-refractivity contribution in [2.24, 2.45) is 0 Å². The summed E-state index contributed by atoms with van der Waals surface area (Å²) in [5, 5.41) is 14.0. The molecule has 6 heteroatoms. The Kier molecular flexibility index (Phi) is 4.52. The smallest absolute Gasteiger partial charge is 0.243 e. The summed E-state index contributed by atoms with van der Waals surface area (Å²) in [5.41, 5.74) is 0.902. The van der Waals surface area contributed by atoms with Gasteiger partial charge in [0.1, 0.15) is 5.75 Å². The van der Waals surface area contributed by atoms with Crippen LogP contribution in [0.15, 0.2) is 28.8 Å². The van der Waals surface area contributed by atoms with Crippen LogP contribution in [0.2, 0.25) is 0 Å². The van der Waals surface area contributed by atoms with Crippen molar-refractivity contribution in [3.05, 3.63) is 36.0 Å². The zero-order valence-electron chi connectivity index (χ0n) is 13.9. The molecule has 2 aromatic rings. The zero-order chi connectivity index (χ0) is 16.4. The van der Waals surface area contributed by atoms with E-state index in [2.05, 4.69) is 40.7 Å². The van der Waals surface area contributed by atoms with Crippen LogP contribution in [0.3, 0.4) is 0 Å². The molecule has 1 aromatic carbocycles. The number of piperazine rings is 1. The van der Waals surface area contributed by atoms with Gasteiger partial charge in [0.2, 0.25) is 5.89 Å². The molecule has 0 unspecified atom stereocenters. The predicted molar refractivity (Wildman–Crippen MR) is 88.7 cm³/mol. The minimum absolute atomic E-state index is 0.113. The third kappa shape index (κ3) is 3.32. The van der Waals surface area contributed by atoms with E-state index in [9.17, 15) is 5.11 Å². The molecule has 0 aliphatic carbocycles. The van der Waals surface area contributed by atoms with Crippen LogP contribution in [-0.2, 0) is 0 Å². The average Bonchev–Trinajstić information content (AvgIpc) is 3.05. The van der Waals surface area contributed by atoms with E-state index in [1.54, 1.807) is 6.07 Å². The van der Waals surface area contributed by atoms with Gasteiger partial charge in [-0.2, -0.15) is 4.98 Å². The highest BCUT2D eigenvalue weighted by atomic mass is 16.5. The summed E-state index contributed by atoms with van der Waals surface area (Å²) in [5.74, 6) is 2.06. The number of aromatic nitrogens is 2. The molecule has 1 N–H and O–H groups in total. The second-order valence-electron chi connectivity index (χ2n) is 6.33. The highest BCUT2D eigenvalue weighted by molar-refractivity contribution is 5.57. The lowest BCUT2D eigenvalue weighted by atomic mass is 10.2. The van der Waals surface area contributed by atoms with Crippen LogP contribution in [-0.4, -0.2) is 46.3 Å². The predicted octanol–water partition coefficient (Wildman–Crippen LogP) is 2.78. The molecule has 0 spiro atoms. The SMILES string of the molecule is CC(C)c1noc([C@H](C)N2CCN(c3ccccc3O)CC2)n1. The number of phenolic OH excluding ortho intramolecular Hbond substituents is 1. The third-order valence-electron chi connectivity index (χ3n) is 4.42. The number of para-hydroxylation sites is 2. The van der Waals surface area contributed by atoms with Crippen molar-refractivity contribution in [3.8, 4) is 5.75 Å². The highest BCUT2D eigenvalue weighted by Gasteiger charge is 2.26. The molecular formula is C17H24N4O2. The number of rotatable bonds is 4. The van der Waals surface area contributed by atoms with Gasteiger partial charge >= 0.3 is 0 Å². The number of nitrogens with zero attached hydrogens (tertiary/aromatic N) is 4. The van der Waals surface area contributed by atoms with Crippen molar-refractivity contribution >= 4 is 5.69 Å². The molecule has 0 saturated carbocycles. The van der Waals surface area contributed by atoms with Gasteiger partial charge < -0.3 is 14.5 Å². The number of hydrogen-bond acceptors (Lipinski definition) is 6. The van der Waals surface area contributed by atoms with Crippen molar-refractivity contribution < 1.29 is 9.63 Å². The Morgan fingerprint density at radius 3 is 2.39 bits per heavy atom. The van der Waals surface area contributed by atoms with Crippen molar-refractivity contribution in [3.63, 3.8) is 0 Å². The monoisotopic (exact) mass is 316 g/mol. The van der Waals surface area contributed by atoms with E-state index in [4.69, 9.17) is 4.52 Å². The summed E-state index contributed by atoms with van der Waals surface area (Å²) in [4.78, 5) is 9.06. The molecule has 1 aliphatic heterocycles. The Hall–Kier alpha value is -2.08. The number of aromatic hydroxyl groups is 1. The molecule has 0 bridgehead atoms. The highest BCUT2D eigenvalue weighted by Crippen LogP contribution is 2.29. The first-order chi connectivity index (χ1) is 11.1. The fraction of sp³-hybridized carbons (Fsp3) is 0.529. The molecule has 23 heavy (non-hydrogen) atoms. The first-order valence-electron chi connectivity index (χ1n) is 8.16. The molecule has 1 saturated heterocycles. The first kappa shape index (κ1) is 15.8. The second kappa shape index (κ2) is 6.58. The zero-order valence-corrected chi connectivity index (χ0v) is 13.9. The summed E-state index contributed by atoms with van der Waals surface area (Å²) in [6.45, 7) is 9.76. The Bertz CT molecular complexity index is 648. The molecule has 3 rings (SSSR count). The van der Waals surface area contributed by atoms with E-state index >= 15 is 0 Å². The molecule has 1 aliphatic rings. The van der Waals surface area contributed by atoms with Crippen molar-refractivity contribution in [1.29, 1.82) is 0 Å². The lowest BCUT2D eigenvalue weighted by Crippen LogP contribution is -2.47. The summed E-state index contributed by atoms with van der Waals surface area (Å²) < 4.78 is 5.42. The quantitative estimate of drug-likeness (QED) is 0.935. The van der Waals surface area contributed by atoms with E-state index < -0.39 is 0 Å². The standard InChI is InChI=1S/C17H24N4O2/c1-12(2)16-18-17(23-19-16)13(3)20-8-10-21(11-9-20)14-6-4-5-7-15(14)22/h4-7,12-13,22H,8-11H2,1-3H3/t13-/m0/s1. The van der Waals surface area contributed by atoms with Crippen molar-refractivity contribution in [2.45, 2.75) is 32.7 Å². The summed E-state index contributed by atoms with van der Waals surface area (Å²) in [6.07, 6.45) is 0. The normalized spacial score (nSPS) is 17.7. The van der Waals surface area contributed by atoms with Crippen LogP contribution in [0, 0.1) is 0 Å². The molecule has 1 fully saturated rings. The Morgan fingerprint density at radius 2 is 1.78 bits per heavy atom. The van der Waals surface area contributed by atoms with E-state index in [0.29, 0.717) is 11.6 Å². The van der Waals surface area contributed by atoms with Crippen LogP contribution in [0.5, 0.6) is 5.75 Å². The average molecular weight is 316 g/mol.